The van der Waals surface area contributed by atoms with E-state index < -0.39 is 0 Å². The van der Waals surface area contributed by atoms with Crippen LogP contribution in [0.3, 0.4) is 0 Å². The first-order valence-corrected chi connectivity index (χ1v) is 5.87. The molecule has 0 atom stereocenters. The third kappa shape index (κ3) is 3.62. The zero-order valence-corrected chi connectivity index (χ0v) is 10.2. The Kier molecular flexibility index (Phi) is 4.97. The van der Waals surface area contributed by atoms with Crippen LogP contribution in [0.15, 0.2) is 30.3 Å². The van der Waals surface area contributed by atoms with Gasteiger partial charge in [0, 0.05) is 5.41 Å². The fraction of sp³-hybridized carbons (Fsp3) is 0.571. The van der Waals surface area contributed by atoms with Crippen LogP contribution < -0.4 is 0 Å². The molecule has 0 saturated heterocycles. The van der Waals surface area contributed by atoms with Crippen molar-refractivity contribution < 1.29 is 10.2 Å². The maximum absolute atomic E-state index is 9.53. The molecule has 0 heterocycles. The number of rotatable bonds is 6. The first-order chi connectivity index (χ1) is 7.62. The van der Waals surface area contributed by atoms with Crippen molar-refractivity contribution in [2.24, 2.45) is 11.3 Å². The molecule has 0 aliphatic carbocycles. The fourth-order valence-corrected chi connectivity index (χ4v) is 2.26. The van der Waals surface area contributed by atoms with Gasteiger partial charge < -0.3 is 10.2 Å². The largest absolute Gasteiger partial charge is 0.396 e. The standard InChI is InChI=1S/C14H22O2/c1-12(2)8-14(10-15,11-16)9-13-6-4-3-5-7-13/h3-7,12,15-16H,8-11H2,1-2H3. The number of benzene rings is 1. The van der Waals surface area contributed by atoms with Crippen molar-refractivity contribution in [3.8, 4) is 0 Å². The van der Waals surface area contributed by atoms with Gasteiger partial charge in [0.1, 0.15) is 0 Å². The Morgan fingerprint density at radius 2 is 1.62 bits per heavy atom. The van der Waals surface area contributed by atoms with Gasteiger partial charge in [-0.25, -0.2) is 0 Å². The van der Waals surface area contributed by atoms with Crippen LogP contribution in [0.5, 0.6) is 0 Å². The van der Waals surface area contributed by atoms with Crippen LogP contribution in [-0.4, -0.2) is 23.4 Å². The molecule has 0 amide bonds. The lowest BCUT2D eigenvalue weighted by molar-refractivity contribution is 0.0369. The fourth-order valence-electron chi connectivity index (χ4n) is 2.26. The smallest absolute Gasteiger partial charge is 0.0512 e. The second-order valence-electron chi connectivity index (χ2n) is 5.08. The molecule has 1 aromatic carbocycles. The van der Waals surface area contributed by atoms with Gasteiger partial charge in [0.2, 0.25) is 0 Å². The summed E-state index contributed by atoms with van der Waals surface area (Å²) < 4.78 is 0. The van der Waals surface area contributed by atoms with Gasteiger partial charge in [-0.1, -0.05) is 44.2 Å². The van der Waals surface area contributed by atoms with Crippen molar-refractivity contribution in [3.63, 3.8) is 0 Å². The highest BCUT2D eigenvalue weighted by Crippen LogP contribution is 2.29. The number of aliphatic hydroxyl groups is 2. The highest BCUT2D eigenvalue weighted by Gasteiger charge is 2.29. The zero-order chi connectivity index (χ0) is 12.0. The molecule has 0 fully saturated rings. The Bertz CT molecular complexity index is 289. The zero-order valence-electron chi connectivity index (χ0n) is 10.2. The maximum atomic E-state index is 9.53. The van der Waals surface area contributed by atoms with Gasteiger partial charge in [-0.3, -0.25) is 0 Å². The molecule has 2 nitrogen and oxygen atoms in total. The van der Waals surface area contributed by atoms with Crippen molar-refractivity contribution in [1.29, 1.82) is 0 Å². The summed E-state index contributed by atoms with van der Waals surface area (Å²) in [7, 11) is 0. The average molecular weight is 222 g/mol. The van der Waals surface area contributed by atoms with Crippen LogP contribution in [0.4, 0.5) is 0 Å². The molecule has 0 bridgehead atoms. The Balaban J connectivity index is 2.78. The lowest BCUT2D eigenvalue weighted by atomic mass is 9.76. The predicted molar refractivity (Wildman–Crippen MR) is 66.2 cm³/mol. The summed E-state index contributed by atoms with van der Waals surface area (Å²) in [6.07, 6.45) is 1.58. The van der Waals surface area contributed by atoms with Crippen LogP contribution in [0, 0.1) is 11.3 Å². The molecule has 0 aliphatic heterocycles. The molecule has 0 spiro atoms. The maximum Gasteiger partial charge on any atom is 0.0512 e. The van der Waals surface area contributed by atoms with Gasteiger partial charge in [0.15, 0.2) is 0 Å². The monoisotopic (exact) mass is 222 g/mol. The third-order valence-electron chi connectivity index (χ3n) is 2.93. The molecule has 0 radical (unpaired) electrons. The van der Waals surface area contributed by atoms with E-state index in [0.717, 1.165) is 12.8 Å². The van der Waals surface area contributed by atoms with Gasteiger partial charge in [0.05, 0.1) is 13.2 Å². The summed E-state index contributed by atoms with van der Waals surface area (Å²) in [5, 5.41) is 19.1. The molecule has 1 rings (SSSR count). The Morgan fingerprint density at radius 1 is 1.06 bits per heavy atom. The van der Waals surface area contributed by atoms with Crippen LogP contribution in [0.2, 0.25) is 0 Å². The van der Waals surface area contributed by atoms with Gasteiger partial charge in [-0.05, 0) is 24.3 Å². The summed E-state index contributed by atoms with van der Waals surface area (Å²) in [6.45, 7) is 4.31. The molecule has 2 heteroatoms. The molecule has 16 heavy (non-hydrogen) atoms. The molecule has 0 aliphatic rings. The van der Waals surface area contributed by atoms with E-state index in [1.807, 2.05) is 30.3 Å². The van der Waals surface area contributed by atoms with Crippen molar-refractivity contribution in [3.05, 3.63) is 35.9 Å². The topological polar surface area (TPSA) is 40.5 Å². The summed E-state index contributed by atoms with van der Waals surface area (Å²) in [6, 6.07) is 10.0. The second-order valence-corrected chi connectivity index (χ2v) is 5.08. The van der Waals surface area contributed by atoms with E-state index in [1.165, 1.54) is 5.56 Å². The quantitative estimate of drug-likeness (QED) is 0.775. The van der Waals surface area contributed by atoms with Gasteiger partial charge in [0.25, 0.3) is 0 Å². The predicted octanol–water partition coefficient (Wildman–Crippen LogP) is 2.25. The van der Waals surface area contributed by atoms with E-state index in [2.05, 4.69) is 13.8 Å². The normalized spacial score (nSPS) is 12.1. The van der Waals surface area contributed by atoms with Crippen molar-refractivity contribution in [2.45, 2.75) is 26.7 Å². The number of hydrogen-bond donors (Lipinski definition) is 2. The lowest BCUT2D eigenvalue weighted by Gasteiger charge is -2.31. The SMILES string of the molecule is CC(C)CC(CO)(CO)Cc1ccccc1. The minimum atomic E-state index is -0.379. The third-order valence-corrected chi connectivity index (χ3v) is 2.93. The van der Waals surface area contributed by atoms with Crippen LogP contribution >= 0.6 is 0 Å². The first-order valence-electron chi connectivity index (χ1n) is 5.87. The average Bonchev–Trinajstić information content (AvgIpc) is 2.29. The van der Waals surface area contributed by atoms with Gasteiger partial charge in [-0.15, -0.1) is 0 Å². The number of hydrogen-bond acceptors (Lipinski definition) is 2. The van der Waals surface area contributed by atoms with Crippen LogP contribution in [0.1, 0.15) is 25.8 Å². The number of aliphatic hydroxyl groups excluding tert-OH is 2. The Labute approximate surface area is 97.9 Å². The molecule has 90 valence electrons. The highest BCUT2D eigenvalue weighted by atomic mass is 16.3. The summed E-state index contributed by atoms with van der Waals surface area (Å²) in [4.78, 5) is 0. The molecule has 0 unspecified atom stereocenters. The summed E-state index contributed by atoms with van der Waals surface area (Å²) in [5.74, 6) is 0.475. The second kappa shape index (κ2) is 6.02. The highest BCUT2D eigenvalue weighted by molar-refractivity contribution is 5.16. The van der Waals surface area contributed by atoms with E-state index in [0.29, 0.717) is 5.92 Å². The van der Waals surface area contributed by atoms with Crippen molar-refractivity contribution in [2.75, 3.05) is 13.2 Å². The Morgan fingerprint density at radius 3 is 2.06 bits per heavy atom. The minimum absolute atomic E-state index is 0.0383. The van der Waals surface area contributed by atoms with Gasteiger partial charge in [-0.2, -0.15) is 0 Å². The molecular formula is C14H22O2. The van der Waals surface area contributed by atoms with E-state index in [1.54, 1.807) is 0 Å². The van der Waals surface area contributed by atoms with Crippen LogP contribution in [-0.2, 0) is 6.42 Å². The van der Waals surface area contributed by atoms with E-state index in [9.17, 15) is 10.2 Å². The molecular weight excluding hydrogens is 200 g/mol. The molecule has 0 saturated carbocycles. The Hall–Kier alpha value is -0.860. The van der Waals surface area contributed by atoms with E-state index >= 15 is 0 Å². The summed E-state index contributed by atoms with van der Waals surface area (Å²) in [5.41, 5.74) is 0.793. The molecule has 0 aromatic heterocycles. The first kappa shape index (κ1) is 13.2. The molecule has 1 aromatic rings. The van der Waals surface area contributed by atoms with Crippen LogP contribution in [0.25, 0.3) is 0 Å². The van der Waals surface area contributed by atoms with Crippen molar-refractivity contribution >= 4 is 0 Å². The summed E-state index contributed by atoms with van der Waals surface area (Å²) >= 11 is 0. The lowest BCUT2D eigenvalue weighted by Crippen LogP contribution is -2.34. The minimum Gasteiger partial charge on any atom is -0.396 e. The van der Waals surface area contributed by atoms with E-state index in [4.69, 9.17) is 0 Å². The van der Waals surface area contributed by atoms with Gasteiger partial charge >= 0.3 is 0 Å². The molecule has 2 N–H and O–H groups in total. The van der Waals surface area contributed by atoms with E-state index in [-0.39, 0.29) is 18.6 Å². The van der Waals surface area contributed by atoms with Crippen molar-refractivity contribution in [1.82, 2.24) is 0 Å².